The molecule has 1 aliphatic heterocycles. The Bertz CT molecular complexity index is 666. The van der Waals surface area contributed by atoms with E-state index in [1.807, 2.05) is 46.0 Å². The minimum absolute atomic E-state index is 0.0761. The van der Waals surface area contributed by atoms with Crippen molar-refractivity contribution < 1.29 is 9.53 Å². The van der Waals surface area contributed by atoms with Gasteiger partial charge in [-0.05, 0) is 51.0 Å². The highest BCUT2D eigenvalue weighted by atomic mass is 16.5. The summed E-state index contributed by atoms with van der Waals surface area (Å²) in [7, 11) is 0. The van der Waals surface area contributed by atoms with E-state index in [-0.39, 0.29) is 18.1 Å². The van der Waals surface area contributed by atoms with Crippen molar-refractivity contribution in [1.29, 1.82) is 0 Å². The van der Waals surface area contributed by atoms with Crippen molar-refractivity contribution in [2.24, 2.45) is 0 Å². The summed E-state index contributed by atoms with van der Waals surface area (Å²) in [6.45, 7) is 6.12. The van der Waals surface area contributed by atoms with Crippen LogP contribution in [0.3, 0.4) is 0 Å². The molecular formula is C19H25N3O2. The second kappa shape index (κ2) is 7.62. The van der Waals surface area contributed by atoms with Gasteiger partial charge in [0.05, 0.1) is 18.4 Å². The Morgan fingerprint density at radius 2 is 2.21 bits per heavy atom. The molecule has 3 rings (SSSR count). The van der Waals surface area contributed by atoms with Crippen molar-refractivity contribution in [2.45, 2.75) is 45.4 Å². The third-order valence-corrected chi connectivity index (χ3v) is 4.41. The van der Waals surface area contributed by atoms with Crippen LogP contribution in [0.25, 0.3) is 0 Å². The molecule has 0 radical (unpaired) electrons. The van der Waals surface area contributed by atoms with E-state index < -0.39 is 0 Å². The molecule has 3 heterocycles. The van der Waals surface area contributed by atoms with Crippen molar-refractivity contribution >= 4 is 5.91 Å². The van der Waals surface area contributed by atoms with Gasteiger partial charge in [-0.2, -0.15) is 0 Å². The van der Waals surface area contributed by atoms with Crippen LogP contribution in [0.4, 0.5) is 0 Å². The molecule has 5 nitrogen and oxygen atoms in total. The van der Waals surface area contributed by atoms with Gasteiger partial charge in [0.25, 0.3) is 5.91 Å². The first-order valence-corrected chi connectivity index (χ1v) is 8.63. The van der Waals surface area contributed by atoms with Crippen molar-refractivity contribution in [3.05, 3.63) is 54.1 Å². The lowest BCUT2D eigenvalue weighted by atomic mass is 10.1. The maximum Gasteiger partial charge on any atom is 0.270 e. The van der Waals surface area contributed by atoms with Gasteiger partial charge < -0.3 is 14.2 Å². The van der Waals surface area contributed by atoms with Gasteiger partial charge in [-0.15, -0.1) is 0 Å². The fourth-order valence-corrected chi connectivity index (χ4v) is 3.13. The zero-order valence-electron chi connectivity index (χ0n) is 14.4. The summed E-state index contributed by atoms with van der Waals surface area (Å²) in [5, 5.41) is 0. The molecule has 128 valence electrons. The molecule has 1 amide bonds. The molecule has 0 spiro atoms. The Morgan fingerprint density at radius 3 is 2.96 bits per heavy atom. The number of pyridine rings is 1. The van der Waals surface area contributed by atoms with Crippen molar-refractivity contribution in [1.82, 2.24) is 14.5 Å². The van der Waals surface area contributed by atoms with Crippen molar-refractivity contribution in [3.8, 4) is 0 Å². The monoisotopic (exact) mass is 327 g/mol. The summed E-state index contributed by atoms with van der Waals surface area (Å²) in [6, 6.07) is 9.94. The van der Waals surface area contributed by atoms with Crippen LogP contribution in [0.1, 0.15) is 48.9 Å². The molecule has 0 N–H and O–H groups in total. The molecule has 1 fully saturated rings. The van der Waals surface area contributed by atoms with Crippen LogP contribution in [0.2, 0.25) is 0 Å². The number of hydrogen-bond acceptors (Lipinski definition) is 3. The van der Waals surface area contributed by atoms with Gasteiger partial charge in [0, 0.05) is 31.5 Å². The number of carbonyl (C=O) groups excluding carboxylic acids is 1. The molecule has 24 heavy (non-hydrogen) atoms. The van der Waals surface area contributed by atoms with Crippen LogP contribution >= 0.6 is 0 Å². The first kappa shape index (κ1) is 16.7. The quantitative estimate of drug-likeness (QED) is 0.846. The molecule has 2 aromatic rings. The SMILES string of the molecule is CC(C)n1cccc1C(=O)N1CCC[C@@H](OCc2ccccn2)C1. The fraction of sp³-hybridized carbons (Fsp3) is 0.474. The molecule has 0 saturated carbocycles. The van der Waals surface area contributed by atoms with E-state index in [1.54, 1.807) is 6.20 Å². The summed E-state index contributed by atoms with van der Waals surface area (Å²) in [4.78, 5) is 19.0. The largest absolute Gasteiger partial charge is 0.370 e. The van der Waals surface area contributed by atoms with Crippen molar-refractivity contribution in [3.63, 3.8) is 0 Å². The number of nitrogens with zero attached hydrogens (tertiary/aromatic N) is 3. The van der Waals surface area contributed by atoms with Gasteiger partial charge in [0.2, 0.25) is 0 Å². The van der Waals surface area contributed by atoms with E-state index in [1.165, 1.54) is 0 Å². The first-order valence-electron chi connectivity index (χ1n) is 8.63. The Hall–Kier alpha value is -2.14. The zero-order chi connectivity index (χ0) is 16.9. The summed E-state index contributed by atoms with van der Waals surface area (Å²) >= 11 is 0. The van der Waals surface area contributed by atoms with E-state index in [4.69, 9.17) is 4.74 Å². The predicted octanol–water partition coefficient (Wildman–Crippen LogP) is 3.29. The fourth-order valence-electron chi connectivity index (χ4n) is 3.13. The Balaban J connectivity index is 1.60. The Morgan fingerprint density at radius 1 is 1.33 bits per heavy atom. The Kier molecular flexibility index (Phi) is 5.30. The van der Waals surface area contributed by atoms with Gasteiger partial charge >= 0.3 is 0 Å². The van der Waals surface area contributed by atoms with Gasteiger partial charge in [-0.3, -0.25) is 9.78 Å². The molecule has 1 saturated heterocycles. The third kappa shape index (κ3) is 3.85. The number of rotatable bonds is 5. The van der Waals surface area contributed by atoms with Crippen LogP contribution in [-0.2, 0) is 11.3 Å². The lowest BCUT2D eigenvalue weighted by Gasteiger charge is -2.33. The second-order valence-corrected chi connectivity index (χ2v) is 6.54. The summed E-state index contributed by atoms with van der Waals surface area (Å²) in [6.07, 6.45) is 5.78. The average molecular weight is 327 g/mol. The number of aromatic nitrogens is 2. The Labute approximate surface area is 143 Å². The highest BCUT2D eigenvalue weighted by Crippen LogP contribution is 2.19. The maximum atomic E-state index is 12.8. The average Bonchev–Trinajstić information content (AvgIpc) is 3.10. The minimum Gasteiger partial charge on any atom is -0.370 e. The first-order chi connectivity index (χ1) is 11.6. The number of likely N-dealkylation sites (tertiary alicyclic amines) is 1. The van der Waals surface area contributed by atoms with Gasteiger partial charge in [-0.25, -0.2) is 0 Å². The lowest BCUT2D eigenvalue weighted by molar-refractivity contribution is -0.00816. The van der Waals surface area contributed by atoms with Crippen LogP contribution in [0.5, 0.6) is 0 Å². The summed E-state index contributed by atoms with van der Waals surface area (Å²) < 4.78 is 8.01. The molecule has 1 aliphatic rings. The molecular weight excluding hydrogens is 302 g/mol. The number of hydrogen-bond donors (Lipinski definition) is 0. The van der Waals surface area contributed by atoms with Crippen LogP contribution < -0.4 is 0 Å². The van der Waals surface area contributed by atoms with Crippen LogP contribution in [0.15, 0.2) is 42.7 Å². The molecule has 0 aromatic carbocycles. The van der Waals surface area contributed by atoms with Crippen LogP contribution in [0, 0.1) is 0 Å². The molecule has 0 aliphatic carbocycles. The standard InChI is InChI=1S/C19H25N3O2/c1-15(2)22-12-6-9-18(22)19(23)21-11-5-8-17(13-21)24-14-16-7-3-4-10-20-16/h3-4,6-7,9-10,12,15,17H,5,8,11,13-14H2,1-2H3/t17-/m1/s1. The lowest BCUT2D eigenvalue weighted by Crippen LogP contribution is -2.43. The number of ether oxygens (including phenoxy) is 1. The van der Waals surface area contributed by atoms with E-state index in [0.717, 1.165) is 30.8 Å². The molecule has 0 unspecified atom stereocenters. The highest BCUT2D eigenvalue weighted by Gasteiger charge is 2.26. The van der Waals surface area contributed by atoms with Gasteiger partial charge in [0.1, 0.15) is 5.69 Å². The molecule has 2 aromatic heterocycles. The van der Waals surface area contributed by atoms with Gasteiger partial charge in [0.15, 0.2) is 0 Å². The second-order valence-electron chi connectivity index (χ2n) is 6.54. The van der Waals surface area contributed by atoms with E-state index in [9.17, 15) is 4.79 Å². The summed E-state index contributed by atoms with van der Waals surface area (Å²) in [5.41, 5.74) is 1.69. The van der Waals surface area contributed by atoms with E-state index in [2.05, 4.69) is 18.8 Å². The number of carbonyl (C=O) groups is 1. The molecule has 0 bridgehead atoms. The van der Waals surface area contributed by atoms with Crippen molar-refractivity contribution in [2.75, 3.05) is 13.1 Å². The molecule has 1 atom stereocenters. The highest BCUT2D eigenvalue weighted by molar-refractivity contribution is 5.93. The number of piperidine rings is 1. The topological polar surface area (TPSA) is 47.4 Å². The smallest absolute Gasteiger partial charge is 0.270 e. The normalized spacial score (nSPS) is 18.1. The number of amides is 1. The minimum atomic E-state index is 0.0761. The van der Waals surface area contributed by atoms with E-state index in [0.29, 0.717) is 13.2 Å². The van der Waals surface area contributed by atoms with Crippen LogP contribution in [-0.4, -0.2) is 39.6 Å². The maximum absolute atomic E-state index is 12.8. The zero-order valence-corrected chi connectivity index (χ0v) is 14.4. The van der Waals surface area contributed by atoms with E-state index >= 15 is 0 Å². The predicted molar refractivity (Wildman–Crippen MR) is 92.8 cm³/mol. The molecule has 5 heteroatoms. The summed E-state index contributed by atoms with van der Waals surface area (Å²) in [5.74, 6) is 0.0971. The third-order valence-electron chi connectivity index (χ3n) is 4.41. The van der Waals surface area contributed by atoms with Gasteiger partial charge in [-0.1, -0.05) is 6.07 Å².